The van der Waals surface area contributed by atoms with Crippen molar-refractivity contribution in [3.63, 3.8) is 0 Å². The molecule has 2 aromatic carbocycles. The van der Waals surface area contributed by atoms with Crippen LogP contribution in [0.2, 0.25) is 0 Å². The van der Waals surface area contributed by atoms with Crippen LogP contribution in [-0.4, -0.2) is 11.1 Å². The van der Waals surface area contributed by atoms with Crippen molar-refractivity contribution in [2.24, 2.45) is 0 Å². The van der Waals surface area contributed by atoms with Crippen molar-refractivity contribution in [2.75, 3.05) is 5.32 Å². The Labute approximate surface area is 104 Å². The molecule has 18 heavy (non-hydrogen) atoms. The van der Waals surface area contributed by atoms with Gasteiger partial charge in [-0.05, 0) is 36.8 Å². The van der Waals surface area contributed by atoms with Crippen LogP contribution in [0.4, 0.5) is 11.4 Å². The van der Waals surface area contributed by atoms with Crippen LogP contribution in [0, 0.1) is 6.92 Å². The Hall–Kier alpha value is -2.49. The van der Waals surface area contributed by atoms with Crippen molar-refractivity contribution < 1.29 is 14.6 Å². The quantitative estimate of drug-likeness (QED) is 0.684. The Morgan fingerprint density at radius 1 is 1.22 bits per heavy atom. The molecule has 0 radical (unpaired) electrons. The zero-order chi connectivity index (χ0) is 12.7. The van der Waals surface area contributed by atoms with E-state index in [0.29, 0.717) is 17.2 Å². The molecule has 0 fully saturated rings. The van der Waals surface area contributed by atoms with Gasteiger partial charge in [-0.15, -0.1) is 0 Å². The van der Waals surface area contributed by atoms with E-state index in [0.717, 1.165) is 11.3 Å². The van der Waals surface area contributed by atoms with Gasteiger partial charge in [-0.2, -0.15) is 0 Å². The molecule has 0 saturated carbocycles. The maximum atomic E-state index is 11.2. The van der Waals surface area contributed by atoms with Crippen molar-refractivity contribution in [2.45, 2.75) is 6.92 Å². The van der Waals surface area contributed by atoms with Gasteiger partial charge < -0.3 is 15.2 Å². The topological polar surface area (TPSA) is 58.6 Å². The molecule has 0 aromatic heterocycles. The van der Waals surface area contributed by atoms with Crippen molar-refractivity contribution in [3.05, 3.63) is 47.5 Å². The number of carbonyl (C=O) groups is 1. The molecule has 90 valence electrons. The lowest BCUT2D eigenvalue weighted by Crippen LogP contribution is -2.08. The first-order chi connectivity index (χ1) is 8.65. The monoisotopic (exact) mass is 241 g/mol. The molecule has 0 bridgehead atoms. The molecule has 2 aromatic rings. The van der Waals surface area contributed by atoms with Gasteiger partial charge >= 0.3 is 5.97 Å². The molecule has 0 amide bonds. The number of carboxylic acids is 1. The number of nitrogens with one attached hydrogen (secondary N) is 1. The van der Waals surface area contributed by atoms with Crippen LogP contribution >= 0.6 is 0 Å². The second-order valence-electron chi connectivity index (χ2n) is 4.21. The number of fused-ring (bicyclic) bond motifs is 2. The molecule has 4 heteroatoms. The molecule has 3 rings (SSSR count). The number of anilines is 2. The standard InChI is InChI=1S/C14H11NO3/c1-8-5-6-11-10(7-8)15-13-9(14(16)17)3-2-4-12(13)18-11/h2-7,15H,1H3,(H,16,17). The molecule has 4 nitrogen and oxygen atoms in total. The van der Waals surface area contributed by atoms with E-state index in [1.165, 1.54) is 0 Å². The number of para-hydroxylation sites is 1. The van der Waals surface area contributed by atoms with Crippen molar-refractivity contribution in [1.29, 1.82) is 0 Å². The van der Waals surface area contributed by atoms with Gasteiger partial charge in [0, 0.05) is 0 Å². The Kier molecular flexibility index (Phi) is 2.23. The van der Waals surface area contributed by atoms with Gasteiger partial charge in [-0.3, -0.25) is 0 Å². The van der Waals surface area contributed by atoms with Gasteiger partial charge in [0.05, 0.1) is 16.9 Å². The van der Waals surface area contributed by atoms with E-state index in [-0.39, 0.29) is 5.56 Å². The Morgan fingerprint density at radius 2 is 2.06 bits per heavy atom. The molecule has 0 atom stereocenters. The highest BCUT2D eigenvalue weighted by atomic mass is 16.5. The molecule has 0 spiro atoms. The number of ether oxygens (including phenoxy) is 1. The van der Waals surface area contributed by atoms with Crippen molar-refractivity contribution in [1.82, 2.24) is 0 Å². The summed E-state index contributed by atoms with van der Waals surface area (Å²) < 4.78 is 5.70. The maximum Gasteiger partial charge on any atom is 0.337 e. The van der Waals surface area contributed by atoms with Crippen LogP contribution < -0.4 is 10.1 Å². The first-order valence-electron chi connectivity index (χ1n) is 5.57. The number of hydrogen-bond donors (Lipinski definition) is 2. The van der Waals surface area contributed by atoms with Gasteiger partial charge in [0.25, 0.3) is 0 Å². The third-order valence-corrected chi connectivity index (χ3v) is 2.87. The number of hydrogen-bond acceptors (Lipinski definition) is 3. The highest BCUT2D eigenvalue weighted by Gasteiger charge is 2.21. The SMILES string of the molecule is Cc1ccc2c(c1)Nc1c(cccc1C(=O)O)O2. The molecular formula is C14H11NO3. The van der Waals surface area contributed by atoms with Crippen LogP contribution in [0.5, 0.6) is 11.5 Å². The fraction of sp³-hybridized carbons (Fsp3) is 0.0714. The lowest BCUT2D eigenvalue weighted by atomic mass is 10.1. The molecular weight excluding hydrogens is 230 g/mol. The van der Waals surface area contributed by atoms with Crippen molar-refractivity contribution in [3.8, 4) is 11.5 Å². The molecule has 0 saturated heterocycles. The van der Waals surface area contributed by atoms with Crippen LogP contribution in [0.15, 0.2) is 36.4 Å². The molecule has 1 aliphatic rings. The smallest absolute Gasteiger partial charge is 0.337 e. The average Bonchev–Trinajstić information content (AvgIpc) is 2.35. The van der Waals surface area contributed by atoms with E-state index in [4.69, 9.17) is 9.84 Å². The first-order valence-corrected chi connectivity index (χ1v) is 5.57. The lowest BCUT2D eigenvalue weighted by molar-refractivity contribution is 0.0697. The summed E-state index contributed by atoms with van der Waals surface area (Å²) >= 11 is 0. The summed E-state index contributed by atoms with van der Waals surface area (Å²) in [6.07, 6.45) is 0. The van der Waals surface area contributed by atoms with E-state index in [2.05, 4.69) is 5.32 Å². The summed E-state index contributed by atoms with van der Waals surface area (Å²) in [5.41, 5.74) is 2.58. The summed E-state index contributed by atoms with van der Waals surface area (Å²) in [6, 6.07) is 10.7. The van der Waals surface area contributed by atoms with E-state index >= 15 is 0 Å². The Morgan fingerprint density at radius 3 is 2.83 bits per heavy atom. The average molecular weight is 241 g/mol. The zero-order valence-electron chi connectivity index (χ0n) is 9.73. The highest BCUT2D eigenvalue weighted by Crippen LogP contribution is 2.43. The molecule has 2 N–H and O–H groups in total. The summed E-state index contributed by atoms with van der Waals surface area (Å²) in [5, 5.41) is 12.3. The van der Waals surface area contributed by atoms with Crippen LogP contribution in [0.3, 0.4) is 0 Å². The number of rotatable bonds is 1. The Balaban J connectivity index is 2.14. The minimum absolute atomic E-state index is 0.208. The van der Waals surface area contributed by atoms with Gasteiger partial charge in [0.15, 0.2) is 11.5 Å². The third kappa shape index (κ3) is 1.59. The molecule has 0 aliphatic carbocycles. The van der Waals surface area contributed by atoms with E-state index in [1.807, 2.05) is 25.1 Å². The van der Waals surface area contributed by atoms with Gasteiger partial charge in [0.1, 0.15) is 0 Å². The fourth-order valence-corrected chi connectivity index (χ4v) is 2.01. The van der Waals surface area contributed by atoms with Crippen LogP contribution in [-0.2, 0) is 0 Å². The van der Waals surface area contributed by atoms with Gasteiger partial charge in [0.2, 0.25) is 0 Å². The summed E-state index contributed by atoms with van der Waals surface area (Å²) in [4.78, 5) is 11.2. The minimum Gasteiger partial charge on any atom is -0.478 e. The third-order valence-electron chi connectivity index (χ3n) is 2.87. The van der Waals surface area contributed by atoms with E-state index in [1.54, 1.807) is 18.2 Å². The first kappa shape index (κ1) is 10.7. The van der Waals surface area contributed by atoms with Crippen LogP contribution in [0.1, 0.15) is 15.9 Å². The van der Waals surface area contributed by atoms with E-state index < -0.39 is 5.97 Å². The second-order valence-corrected chi connectivity index (χ2v) is 4.21. The summed E-state index contributed by atoms with van der Waals surface area (Å²) in [6.45, 7) is 1.97. The number of aryl methyl sites for hydroxylation is 1. The predicted octanol–water partition coefficient (Wildman–Crippen LogP) is 3.54. The lowest BCUT2D eigenvalue weighted by Gasteiger charge is -2.23. The van der Waals surface area contributed by atoms with E-state index in [9.17, 15) is 4.79 Å². The minimum atomic E-state index is -0.973. The molecule has 1 heterocycles. The Bertz CT molecular complexity index is 649. The number of benzene rings is 2. The molecule has 1 aliphatic heterocycles. The van der Waals surface area contributed by atoms with Gasteiger partial charge in [-0.1, -0.05) is 12.1 Å². The number of carboxylic acid groups (broad SMARTS) is 1. The fourth-order valence-electron chi connectivity index (χ4n) is 2.01. The highest BCUT2D eigenvalue weighted by molar-refractivity contribution is 5.98. The second kappa shape index (κ2) is 3.77. The largest absolute Gasteiger partial charge is 0.478 e. The maximum absolute atomic E-state index is 11.2. The summed E-state index contributed by atoms with van der Waals surface area (Å²) in [5.74, 6) is 0.265. The summed E-state index contributed by atoms with van der Waals surface area (Å²) in [7, 11) is 0. The number of aromatic carboxylic acids is 1. The van der Waals surface area contributed by atoms with Gasteiger partial charge in [-0.25, -0.2) is 4.79 Å². The zero-order valence-corrected chi connectivity index (χ0v) is 9.73. The normalized spacial score (nSPS) is 11.8. The van der Waals surface area contributed by atoms with Crippen LogP contribution in [0.25, 0.3) is 0 Å². The predicted molar refractivity (Wildman–Crippen MR) is 67.9 cm³/mol. The van der Waals surface area contributed by atoms with Crippen molar-refractivity contribution >= 4 is 17.3 Å². The molecule has 0 unspecified atom stereocenters.